The fraction of sp³-hybridized carbons (Fsp3) is 0.200. The molecule has 0 fully saturated rings. The molecule has 0 aromatic heterocycles. The highest BCUT2D eigenvalue weighted by Crippen LogP contribution is 2.29. The fourth-order valence-electron chi connectivity index (χ4n) is 2.34. The molecule has 0 unspecified atom stereocenters. The molecule has 0 saturated heterocycles. The first kappa shape index (κ1) is 22.3. The van der Waals surface area contributed by atoms with Crippen molar-refractivity contribution >= 4 is 35.2 Å². The molecule has 0 aliphatic carbocycles. The summed E-state index contributed by atoms with van der Waals surface area (Å²) in [4.78, 5) is 25.5. The zero-order chi connectivity index (χ0) is 21.6. The summed E-state index contributed by atoms with van der Waals surface area (Å²) in [6, 6.07) is 9.09. The molecule has 154 valence electrons. The Bertz CT molecular complexity index is 912. The van der Waals surface area contributed by atoms with Crippen molar-refractivity contribution in [1.82, 2.24) is 4.90 Å². The first-order chi connectivity index (χ1) is 13.6. The number of anilines is 1. The van der Waals surface area contributed by atoms with Crippen LogP contribution < -0.4 is 10.1 Å². The van der Waals surface area contributed by atoms with Gasteiger partial charge in [0.2, 0.25) is 11.8 Å². The van der Waals surface area contributed by atoms with Crippen molar-refractivity contribution < 1.29 is 27.5 Å². The SMILES string of the molecule is COc1ccc(Cl)cc1NC(=O)CN(C)C(=O)/C=C/c1ccc(C(F)(F)F)cc1. The van der Waals surface area contributed by atoms with E-state index in [2.05, 4.69) is 5.32 Å². The highest BCUT2D eigenvalue weighted by atomic mass is 35.5. The zero-order valence-corrected chi connectivity index (χ0v) is 16.3. The van der Waals surface area contributed by atoms with E-state index in [1.54, 1.807) is 12.1 Å². The Kier molecular flexibility index (Phi) is 7.28. The van der Waals surface area contributed by atoms with Gasteiger partial charge in [0.1, 0.15) is 5.75 Å². The van der Waals surface area contributed by atoms with Crippen molar-refractivity contribution in [1.29, 1.82) is 0 Å². The Morgan fingerprint density at radius 3 is 2.41 bits per heavy atom. The second kappa shape index (κ2) is 9.47. The summed E-state index contributed by atoms with van der Waals surface area (Å²) in [7, 11) is 2.87. The number of alkyl halides is 3. The van der Waals surface area contributed by atoms with Crippen LogP contribution in [0.5, 0.6) is 5.75 Å². The molecule has 0 aliphatic heterocycles. The molecule has 2 amide bonds. The van der Waals surface area contributed by atoms with Crippen LogP contribution in [0.1, 0.15) is 11.1 Å². The van der Waals surface area contributed by atoms with Gasteiger partial charge in [0, 0.05) is 18.1 Å². The molecule has 2 rings (SSSR count). The summed E-state index contributed by atoms with van der Waals surface area (Å²) in [6.07, 6.45) is -1.87. The molecule has 2 aromatic carbocycles. The average Bonchev–Trinajstić information content (AvgIpc) is 2.65. The molecule has 5 nitrogen and oxygen atoms in total. The lowest BCUT2D eigenvalue weighted by Gasteiger charge is -2.16. The molecule has 9 heteroatoms. The third kappa shape index (κ3) is 6.53. The van der Waals surface area contributed by atoms with Gasteiger partial charge in [-0.2, -0.15) is 13.2 Å². The first-order valence-electron chi connectivity index (χ1n) is 8.34. The standard InChI is InChI=1S/C20H18ClF3N2O3/c1-26(12-18(27)25-16-11-15(21)8-9-17(16)29-2)19(28)10-5-13-3-6-14(7-4-13)20(22,23)24/h3-11H,12H2,1-2H3,(H,25,27)/b10-5+. The molecule has 0 saturated carbocycles. The molecule has 1 N–H and O–H groups in total. The van der Waals surface area contributed by atoms with Gasteiger partial charge in [-0.05, 0) is 42.0 Å². The van der Waals surface area contributed by atoms with Crippen molar-refractivity contribution in [2.45, 2.75) is 6.18 Å². The number of hydrogen-bond donors (Lipinski definition) is 1. The number of carbonyl (C=O) groups excluding carboxylic acids is 2. The van der Waals surface area contributed by atoms with Crippen LogP contribution in [0.25, 0.3) is 6.08 Å². The number of nitrogens with one attached hydrogen (secondary N) is 1. The summed E-state index contributed by atoms with van der Waals surface area (Å²) in [5, 5.41) is 3.02. The summed E-state index contributed by atoms with van der Waals surface area (Å²) < 4.78 is 42.8. The summed E-state index contributed by atoms with van der Waals surface area (Å²) in [6.45, 7) is -0.244. The molecule has 0 bridgehead atoms. The van der Waals surface area contributed by atoms with Gasteiger partial charge < -0.3 is 15.0 Å². The Balaban J connectivity index is 1.95. The van der Waals surface area contributed by atoms with Crippen molar-refractivity contribution in [3.05, 3.63) is 64.7 Å². The van der Waals surface area contributed by atoms with Gasteiger partial charge in [-0.15, -0.1) is 0 Å². The number of benzene rings is 2. The van der Waals surface area contributed by atoms with Gasteiger partial charge in [0.05, 0.1) is 24.9 Å². The number of rotatable bonds is 6. The largest absolute Gasteiger partial charge is 0.495 e. The molecule has 0 atom stereocenters. The smallest absolute Gasteiger partial charge is 0.416 e. The van der Waals surface area contributed by atoms with Crippen LogP contribution in [0.15, 0.2) is 48.5 Å². The minimum absolute atomic E-state index is 0.244. The van der Waals surface area contributed by atoms with Crippen molar-refractivity contribution in [2.24, 2.45) is 0 Å². The van der Waals surface area contributed by atoms with Crippen LogP contribution in [0.2, 0.25) is 5.02 Å². The number of hydrogen-bond acceptors (Lipinski definition) is 3. The van der Waals surface area contributed by atoms with E-state index in [1.807, 2.05) is 0 Å². The molecule has 0 spiro atoms. The minimum atomic E-state index is -4.42. The average molecular weight is 427 g/mol. The van der Waals surface area contributed by atoms with E-state index in [4.69, 9.17) is 16.3 Å². The second-order valence-electron chi connectivity index (χ2n) is 6.04. The van der Waals surface area contributed by atoms with Gasteiger partial charge >= 0.3 is 6.18 Å². The van der Waals surface area contributed by atoms with Crippen LogP contribution in [-0.2, 0) is 15.8 Å². The predicted octanol–water partition coefficient (Wildman–Crippen LogP) is 4.48. The van der Waals surface area contributed by atoms with Crippen LogP contribution in [0.3, 0.4) is 0 Å². The van der Waals surface area contributed by atoms with Gasteiger partial charge in [-0.25, -0.2) is 0 Å². The monoisotopic (exact) mass is 426 g/mol. The first-order valence-corrected chi connectivity index (χ1v) is 8.72. The van der Waals surface area contributed by atoms with Crippen molar-refractivity contribution in [3.63, 3.8) is 0 Å². The van der Waals surface area contributed by atoms with Gasteiger partial charge in [-0.3, -0.25) is 9.59 Å². The van der Waals surface area contributed by atoms with Crippen LogP contribution in [-0.4, -0.2) is 37.4 Å². The Morgan fingerprint density at radius 2 is 1.83 bits per heavy atom. The predicted molar refractivity (Wildman–Crippen MR) is 105 cm³/mol. The van der Waals surface area contributed by atoms with Crippen LogP contribution in [0.4, 0.5) is 18.9 Å². The van der Waals surface area contributed by atoms with E-state index in [1.165, 1.54) is 44.5 Å². The third-order valence-corrected chi connectivity index (χ3v) is 4.08. The maximum Gasteiger partial charge on any atom is 0.416 e. The summed E-state index contributed by atoms with van der Waals surface area (Å²) >= 11 is 5.90. The number of nitrogens with zero attached hydrogens (tertiary/aromatic N) is 1. The number of likely N-dealkylation sites (N-methyl/N-ethyl adjacent to an activating group) is 1. The molecule has 29 heavy (non-hydrogen) atoms. The van der Waals surface area contributed by atoms with Gasteiger partial charge in [0.15, 0.2) is 0 Å². The van der Waals surface area contributed by atoms with Crippen molar-refractivity contribution in [2.75, 3.05) is 26.0 Å². The van der Waals surface area contributed by atoms with E-state index in [0.29, 0.717) is 22.0 Å². The number of halogens is 4. The number of amides is 2. The quantitative estimate of drug-likeness (QED) is 0.693. The lowest BCUT2D eigenvalue weighted by atomic mass is 10.1. The van der Waals surface area contributed by atoms with Gasteiger partial charge in [0.25, 0.3) is 0 Å². The molecule has 0 heterocycles. The summed E-state index contributed by atoms with van der Waals surface area (Å²) in [5.41, 5.74) is 0.0187. The molecule has 2 aromatic rings. The maximum atomic E-state index is 12.6. The molecular formula is C20H18ClF3N2O3. The topological polar surface area (TPSA) is 58.6 Å². The lowest BCUT2D eigenvalue weighted by molar-refractivity contribution is -0.137. The molecule has 0 aliphatic rings. The maximum absolute atomic E-state index is 12.6. The highest BCUT2D eigenvalue weighted by molar-refractivity contribution is 6.31. The van der Waals surface area contributed by atoms with E-state index < -0.39 is 23.6 Å². The molecular weight excluding hydrogens is 409 g/mol. The third-order valence-electron chi connectivity index (χ3n) is 3.85. The minimum Gasteiger partial charge on any atom is -0.495 e. The zero-order valence-electron chi connectivity index (χ0n) is 15.6. The van der Waals surface area contributed by atoms with E-state index in [-0.39, 0.29) is 6.54 Å². The van der Waals surface area contributed by atoms with E-state index >= 15 is 0 Å². The number of methoxy groups -OCH3 is 1. The van der Waals surface area contributed by atoms with Crippen LogP contribution in [0, 0.1) is 0 Å². The Labute approximate surface area is 170 Å². The number of carbonyl (C=O) groups is 2. The van der Waals surface area contributed by atoms with E-state index in [0.717, 1.165) is 17.0 Å². The Morgan fingerprint density at radius 1 is 1.17 bits per heavy atom. The normalized spacial score (nSPS) is 11.4. The van der Waals surface area contributed by atoms with Crippen molar-refractivity contribution in [3.8, 4) is 5.75 Å². The molecule has 0 radical (unpaired) electrons. The van der Waals surface area contributed by atoms with Gasteiger partial charge in [-0.1, -0.05) is 23.7 Å². The second-order valence-corrected chi connectivity index (χ2v) is 6.48. The number of ether oxygens (including phenoxy) is 1. The Hall–Kier alpha value is -3.00. The van der Waals surface area contributed by atoms with Crippen LogP contribution >= 0.6 is 11.6 Å². The highest BCUT2D eigenvalue weighted by Gasteiger charge is 2.29. The fourth-order valence-corrected chi connectivity index (χ4v) is 2.51. The van der Waals surface area contributed by atoms with E-state index in [9.17, 15) is 22.8 Å². The lowest BCUT2D eigenvalue weighted by Crippen LogP contribution is -2.33. The summed E-state index contributed by atoms with van der Waals surface area (Å²) in [5.74, 6) is -0.540.